The van der Waals surface area contributed by atoms with Crippen molar-refractivity contribution in [3.8, 4) is 0 Å². The highest BCUT2D eigenvalue weighted by Crippen LogP contribution is 2.42. The first kappa shape index (κ1) is 109. The third kappa shape index (κ3) is 32.5. The van der Waals surface area contributed by atoms with Crippen molar-refractivity contribution in [2.24, 2.45) is 28.8 Å². The second-order valence-corrected chi connectivity index (χ2v) is 36.4. The minimum absolute atomic E-state index is 0.0927. The molecule has 41 heteroatoms. The number of nitrogens with one attached hydrogen (secondary N) is 1. The molecule has 7 aliphatic rings. The molecule has 754 valence electrons. The van der Waals surface area contributed by atoms with Gasteiger partial charge in [0.15, 0.2) is 12.6 Å². The lowest BCUT2D eigenvalue weighted by Gasteiger charge is -2.49. The van der Waals surface area contributed by atoms with Gasteiger partial charge in [-0.25, -0.2) is 23.9 Å². The largest absolute Gasteiger partial charge is 0.465 e. The number of esters is 2. The molecule has 8 aromatic rings. The second kappa shape index (κ2) is 52.8. The summed E-state index contributed by atoms with van der Waals surface area (Å²) < 4.78 is 65.6. The van der Waals surface area contributed by atoms with Crippen LogP contribution in [-0.4, -0.2) is 299 Å². The normalized spacial score (nSPS) is 28.7. The highest BCUT2D eigenvalue weighted by Gasteiger charge is 2.54. The maximum absolute atomic E-state index is 14.5. The van der Waals surface area contributed by atoms with Crippen molar-refractivity contribution >= 4 is 64.7 Å². The Morgan fingerprint density at radius 2 is 1.24 bits per heavy atom. The van der Waals surface area contributed by atoms with Crippen LogP contribution in [0.4, 0.5) is 47.6 Å². The topological polar surface area (TPSA) is 524 Å². The van der Waals surface area contributed by atoms with Crippen LogP contribution in [-0.2, 0) is 87.7 Å². The molecule has 7 fully saturated rings. The molecular formula is C98H134N18O23. The number of anilines is 5. The molecule has 15 rings (SSSR count). The average molecular weight is 1930 g/mol. The Bertz CT molecular complexity index is 5120. The Morgan fingerprint density at radius 1 is 0.676 bits per heavy atom. The molecule has 12 heterocycles. The molecule has 139 heavy (non-hydrogen) atoms. The number of aliphatic hydroxyl groups excluding tert-OH is 4. The number of rotatable bonds is 25. The summed E-state index contributed by atoms with van der Waals surface area (Å²) in [5, 5.41) is 83.1. The minimum atomic E-state index is -1.84. The first-order valence-electron chi connectivity index (χ1n) is 46.6. The summed E-state index contributed by atoms with van der Waals surface area (Å²) in [5.74, 6) is -2.29. The smallest absolute Gasteiger partial charge is 0.414 e. The van der Waals surface area contributed by atoms with Gasteiger partial charge >= 0.3 is 36.3 Å². The number of nitrogen functional groups attached to an aromatic ring is 1. The van der Waals surface area contributed by atoms with Gasteiger partial charge in [0.2, 0.25) is 0 Å². The number of nitrogens with two attached hydrogens (primary N) is 1. The number of pyridine rings is 5. The summed E-state index contributed by atoms with van der Waals surface area (Å²) in [6.07, 6.45) is 9.04. The number of aliphatic hydroxyl groups is 6. The van der Waals surface area contributed by atoms with Gasteiger partial charge in [0.1, 0.15) is 54.9 Å². The van der Waals surface area contributed by atoms with E-state index in [4.69, 9.17) is 68.5 Å². The maximum atomic E-state index is 14.5. The molecule has 0 spiro atoms. The minimum Gasteiger partial charge on any atom is -0.465 e. The van der Waals surface area contributed by atoms with E-state index in [2.05, 4.69) is 50.6 Å². The zero-order valence-electron chi connectivity index (χ0n) is 81.0. The summed E-state index contributed by atoms with van der Waals surface area (Å²) in [6.45, 7) is 20.7. The van der Waals surface area contributed by atoms with Gasteiger partial charge < -0.3 is 98.3 Å². The van der Waals surface area contributed by atoms with Gasteiger partial charge in [0.25, 0.3) is 0 Å². The van der Waals surface area contributed by atoms with Crippen LogP contribution in [0.5, 0.6) is 0 Å². The van der Waals surface area contributed by atoms with E-state index in [1.807, 2.05) is 105 Å². The van der Waals surface area contributed by atoms with E-state index in [9.17, 15) is 54.3 Å². The van der Waals surface area contributed by atoms with Crippen molar-refractivity contribution < 1.29 is 112 Å². The number of methoxy groups -OCH3 is 1. The molecule has 1 saturated carbocycles. The van der Waals surface area contributed by atoms with Gasteiger partial charge in [-0.2, -0.15) is 0 Å². The van der Waals surface area contributed by atoms with Crippen LogP contribution in [0.25, 0.3) is 10.4 Å². The summed E-state index contributed by atoms with van der Waals surface area (Å²) in [5.41, 5.74) is 14.9. The number of likely N-dealkylation sites (N-methyl/N-ethyl adjacent to an activating group) is 2. The molecule has 0 radical (unpaired) electrons. The van der Waals surface area contributed by atoms with E-state index < -0.39 is 139 Å². The number of ether oxygens (including phenoxy) is 11. The van der Waals surface area contributed by atoms with Crippen LogP contribution in [0.15, 0.2) is 195 Å². The SMILES string of the molecule is CC[C@H]1OC(=O)[C@H](C)[C@@H](O[C@@H]2C[C@@](C)(OC)[C@@H](O)[C@H](C)O2)[C@H](C)[C@@H](O[C@@H]2O[C@H](C)C[C@H](N(C)CCc3cn(CC4CN(c5cccnc5)C(=O)O4)nn3)[C@H]2O)[C@](C)(O)C[C@@H](C)CN(C)[C@H](C)[C@@H](O)[C@]1(C)O.Nc1cccnc1.O=C(Cc1ccccc1)OCC1CC1.O=C(Nc1cccnc1)OCc1ccccc1.O=C1O[C@@H](CO)CN1c1cccnc1.[N-]=[N+]=NC[C@H]1CN(c2cccnc2)C(=O)O1. The highest BCUT2D eigenvalue weighted by molar-refractivity contribution is 5.91. The van der Waals surface area contributed by atoms with E-state index in [1.54, 1.807) is 176 Å². The number of hydrogen-bond acceptors (Lipinski definition) is 34. The zero-order chi connectivity index (χ0) is 101. The fourth-order valence-electron chi connectivity index (χ4n) is 17.0. The zero-order valence-corrected chi connectivity index (χ0v) is 81.0. The molecule has 6 saturated heterocycles. The molecule has 21 atom stereocenters. The molecule has 6 aliphatic heterocycles. The Morgan fingerprint density at radius 3 is 1.76 bits per heavy atom. The van der Waals surface area contributed by atoms with Crippen LogP contribution in [0.2, 0.25) is 0 Å². The Balaban J connectivity index is 0.000000228. The van der Waals surface area contributed by atoms with Crippen molar-refractivity contribution in [3.63, 3.8) is 0 Å². The first-order chi connectivity index (χ1) is 66.5. The van der Waals surface area contributed by atoms with Gasteiger partial charge in [-0.1, -0.05) is 91.8 Å². The van der Waals surface area contributed by atoms with Gasteiger partial charge in [0, 0.05) is 99.3 Å². The molecule has 1 unspecified atom stereocenters. The van der Waals surface area contributed by atoms with Crippen LogP contribution >= 0.6 is 0 Å². The van der Waals surface area contributed by atoms with Crippen molar-refractivity contribution in [2.45, 2.75) is 242 Å². The summed E-state index contributed by atoms with van der Waals surface area (Å²) in [6, 6.07) is 35.9. The predicted octanol–water partition coefficient (Wildman–Crippen LogP) is 10.3. The number of hydrogen-bond donors (Lipinski definition) is 8. The van der Waals surface area contributed by atoms with Gasteiger partial charge in [-0.05, 0) is 184 Å². The monoisotopic (exact) mass is 1930 g/mol. The predicted molar refractivity (Wildman–Crippen MR) is 510 cm³/mol. The quantitative estimate of drug-likeness (QED) is 0.00866. The van der Waals surface area contributed by atoms with Crippen LogP contribution < -0.4 is 25.8 Å². The number of nitrogens with zero attached hydrogens (tertiary/aromatic N) is 16. The summed E-state index contributed by atoms with van der Waals surface area (Å²) >= 11 is 0. The van der Waals surface area contributed by atoms with E-state index in [0.717, 1.165) is 11.1 Å². The van der Waals surface area contributed by atoms with E-state index in [1.165, 1.54) is 41.6 Å². The van der Waals surface area contributed by atoms with Crippen LogP contribution in [0.3, 0.4) is 0 Å². The third-order valence-corrected chi connectivity index (χ3v) is 25.0. The number of carbonyl (C=O) groups is 6. The fourth-order valence-corrected chi connectivity index (χ4v) is 17.0. The number of cyclic esters (lactones) is 4. The Hall–Kier alpha value is -12.1. The van der Waals surface area contributed by atoms with Gasteiger partial charge in [-0.3, -0.25) is 54.5 Å². The van der Waals surface area contributed by atoms with Crippen LogP contribution in [0.1, 0.15) is 125 Å². The van der Waals surface area contributed by atoms with Crippen molar-refractivity contribution in [1.82, 2.24) is 49.7 Å². The lowest BCUT2D eigenvalue weighted by atomic mass is 9.77. The molecule has 2 aromatic carbocycles. The summed E-state index contributed by atoms with van der Waals surface area (Å²) in [4.78, 5) is 103. The van der Waals surface area contributed by atoms with Crippen LogP contribution in [0, 0.1) is 23.7 Å². The Labute approximate surface area is 809 Å². The third-order valence-electron chi connectivity index (χ3n) is 25.0. The van der Waals surface area contributed by atoms with Gasteiger partial charge in [0.05, 0.1) is 153 Å². The second-order valence-electron chi connectivity index (χ2n) is 36.4. The molecule has 6 aromatic heterocycles. The number of benzene rings is 2. The lowest BCUT2D eigenvalue weighted by Crippen LogP contribution is -2.61. The molecular weight excluding hydrogens is 1800 g/mol. The maximum Gasteiger partial charge on any atom is 0.414 e. The van der Waals surface area contributed by atoms with E-state index in [-0.39, 0.29) is 63.1 Å². The number of amides is 4. The highest BCUT2D eigenvalue weighted by atomic mass is 16.7. The molecule has 0 bridgehead atoms. The number of carbonyl (C=O) groups excluding carboxylic acids is 6. The number of azide groups is 1. The summed E-state index contributed by atoms with van der Waals surface area (Å²) in [7, 11) is 5.24. The molecule has 41 nitrogen and oxygen atoms in total. The standard InChI is InChI=1S/C50H83N7O14.C13H12N2O2.C12H14O2.C9H9N5O2.C9H10N2O3.C5H6N2/c1-14-38-50(10,64)42(59)32(6)55(12)24-28(2)21-48(8,63)44(30(4)41(31(5)45(61)69-38)70-39-22-49(9,65-13)43(60)33(7)67-39)71-46-40(58)37(20-29(3)66-46)54(11)19-17-34-25-56(53-52-34)26-36-27-57(47(62)68-36)35-16-15-18-51-23-35;16-13(15-12-7-4-8-14-9-12)17-10-11-5-2-1-3-6-11;13-12(14-9-11-6-7-11)8-10-4-2-1-3-5-10;10-13-12-5-8-6-14(9(15)16-8)7-2-1-3-11-4-7;12-6-8-5-11(9(13)14-8)7-2-1-3-10-4-7;6-5-2-1-3-7-4-5/h15-16,18,23,25,28-33,36-44,46,58-60,63-64H,14,17,19-22,24,26-27H2,1-13H3;1-9H,10H2,(H,15,16);1-5,11H,6-9H2;1-4,8H,5-6H2;1-4,8,12H,5-6H2;1-4H,6H2/t28-,29-,30+,31-,32-,33+,36?,37+,38-,39-,40-,41+,42-,43+,44-,46+,48-,49-,50-;;;2*8-;/m1..01./s1. The molecule has 1 aliphatic carbocycles. The van der Waals surface area contributed by atoms with Gasteiger partial charge in [-0.15, -0.1) is 5.10 Å². The van der Waals surface area contributed by atoms with Crippen molar-refractivity contribution in [1.29, 1.82) is 0 Å². The molecule has 4 amide bonds. The first-order valence-corrected chi connectivity index (χ1v) is 46.6. The molecule has 9 N–H and O–H groups in total. The fraction of sp³-hybridized carbons (Fsp3) is 0.541. The number of aromatic nitrogens is 8. The van der Waals surface area contributed by atoms with Crippen molar-refractivity contribution in [3.05, 3.63) is 217 Å². The Kier molecular flexibility index (Phi) is 41.4. The lowest BCUT2D eigenvalue weighted by molar-refractivity contribution is -0.318. The van der Waals surface area contributed by atoms with E-state index >= 15 is 0 Å². The van der Waals surface area contributed by atoms with E-state index in [0.29, 0.717) is 105 Å². The average Bonchev–Trinajstić information content (AvgIpc) is 1.75. The van der Waals surface area contributed by atoms with Crippen molar-refractivity contribution in [2.75, 3.05) is 99.4 Å².